The molecule has 1 fully saturated rings. The number of H-pyrrole nitrogens is 1. The van der Waals surface area contributed by atoms with Crippen molar-refractivity contribution in [1.82, 2.24) is 25.1 Å². The van der Waals surface area contributed by atoms with Crippen LogP contribution in [0.2, 0.25) is 0 Å². The summed E-state index contributed by atoms with van der Waals surface area (Å²) in [4.78, 5) is 23.8. The quantitative estimate of drug-likeness (QED) is 0.361. The van der Waals surface area contributed by atoms with Crippen molar-refractivity contribution in [2.24, 2.45) is 0 Å². The fourth-order valence-electron chi connectivity index (χ4n) is 4.62. The molecule has 2 aliphatic rings. The molecule has 34 heavy (non-hydrogen) atoms. The monoisotopic (exact) mass is 466 g/mol. The predicted octanol–water partition coefficient (Wildman–Crippen LogP) is 2.77. The number of rotatable bonds is 10. The van der Waals surface area contributed by atoms with Crippen molar-refractivity contribution in [3.8, 4) is 6.07 Å². The molecule has 1 aromatic heterocycles. The highest BCUT2D eigenvalue weighted by Crippen LogP contribution is 2.29. The van der Waals surface area contributed by atoms with E-state index in [1.165, 1.54) is 43.0 Å². The summed E-state index contributed by atoms with van der Waals surface area (Å²) in [7, 11) is 0. The standard InChI is InChI=1S/C26H38N6O2/c1-26(2,32-15-13-31(14-16-32)17-18-33)22(11-10-21-7-4-3-5-8-21)9-6-12-28-25(34)24-29-20-23(19-27)30-24/h6-7,9,11,20,33H,3-5,8,10,12-18H2,1-2H3,(H,28,34)(H,29,30)/b9-6-,22-11+. The van der Waals surface area contributed by atoms with Crippen LogP contribution in [0.3, 0.4) is 0 Å². The van der Waals surface area contributed by atoms with Crippen LogP contribution in [0.4, 0.5) is 0 Å². The van der Waals surface area contributed by atoms with Crippen molar-refractivity contribution < 1.29 is 9.90 Å². The molecule has 8 nitrogen and oxygen atoms in total. The Bertz CT molecular complexity index is 945. The predicted molar refractivity (Wildman–Crippen MR) is 133 cm³/mol. The molecule has 1 aliphatic heterocycles. The number of nitrogens with one attached hydrogen (secondary N) is 2. The fraction of sp³-hybridized carbons (Fsp3) is 0.577. The number of aromatic nitrogens is 2. The molecule has 184 valence electrons. The number of hydrogen-bond donors (Lipinski definition) is 3. The number of aliphatic hydroxyl groups is 1. The molecule has 0 bridgehead atoms. The molecular weight excluding hydrogens is 428 g/mol. The number of nitrogens with zero attached hydrogens (tertiary/aromatic N) is 4. The van der Waals surface area contributed by atoms with Gasteiger partial charge in [0.1, 0.15) is 6.07 Å². The molecule has 0 saturated carbocycles. The Labute approximate surface area is 203 Å². The van der Waals surface area contributed by atoms with E-state index in [4.69, 9.17) is 5.26 Å². The van der Waals surface area contributed by atoms with Gasteiger partial charge in [-0.05, 0) is 51.5 Å². The summed E-state index contributed by atoms with van der Waals surface area (Å²) in [5, 5.41) is 21.0. The third kappa shape index (κ3) is 7.13. The molecule has 1 aromatic rings. The minimum absolute atomic E-state index is 0.144. The Balaban J connectivity index is 1.66. The largest absolute Gasteiger partial charge is 0.395 e. The molecule has 1 amide bonds. The van der Waals surface area contributed by atoms with Crippen LogP contribution in [0.5, 0.6) is 0 Å². The van der Waals surface area contributed by atoms with Crippen LogP contribution in [0, 0.1) is 11.3 Å². The van der Waals surface area contributed by atoms with E-state index < -0.39 is 0 Å². The Morgan fingerprint density at radius 3 is 2.76 bits per heavy atom. The Hall–Kier alpha value is -2.73. The molecular formula is C26H38N6O2. The molecule has 0 spiro atoms. The van der Waals surface area contributed by atoms with Gasteiger partial charge in [-0.15, -0.1) is 0 Å². The van der Waals surface area contributed by atoms with Gasteiger partial charge in [0, 0.05) is 51.0 Å². The topological polar surface area (TPSA) is 108 Å². The molecule has 1 aliphatic carbocycles. The van der Waals surface area contributed by atoms with E-state index >= 15 is 0 Å². The van der Waals surface area contributed by atoms with Crippen molar-refractivity contribution in [3.63, 3.8) is 0 Å². The molecule has 1 saturated heterocycles. The summed E-state index contributed by atoms with van der Waals surface area (Å²) in [6.45, 7) is 9.67. The van der Waals surface area contributed by atoms with E-state index in [1.807, 2.05) is 12.1 Å². The van der Waals surface area contributed by atoms with Gasteiger partial charge >= 0.3 is 0 Å². The summed E-state index contributed by atoms with van der Waals surface area (Å²) in [6.07, 6.45) is 16.2. The van der Waals surface area contributed by atoms with E-state index in [2.05, 4.69) is 57.2 Å². The fourth-order valence-corrected chi connectivity index (χ4v) is 4.62. The van der Waals surface area contributed by atoms with Crippen LogP contribution in [0.25, 0.3) is 0 Å². The van der Waals surface area contributed by atoms with Crippen molar-refractivity contribution >= 4 is 5.91 Å². The molecule has 0 atom stereocenters. The molecule has 2 heterocycles. The lowest BCUT2D eigenvalue weighted by Crippen LogP contribution is -2.55. The van der Waals surface area contributed by atoms with Gasteiger partial charge in [0.15, 0.2) is 11.5 Å². The van der Waals surface area contributed by atoms with Crippen molar-refractivity contribution in [1.29, 1.82) is 5.26 Å². The molecule has 3 rings (SSSR count). The van der Waals surface area contributed by atoms with Gasteiger partial charge in [-0.3, -0.25) is 14.6 Å². The van der Waals surface area contributed by atoms with Gasteiger partial charge in [-0.1, -0.05) is 29.9 Å². The molecule has 0 radical (unpaired) electrons. The number of allylic oxidation sites excluding steroid dienone is 3. The third-order valence-electron chi connectivity index (χ3n) is 6.84. The van der Waals surface area contributed by atoms with E-state index in [1.54, 1.807) is 0 Å². The van der Waals surface area contributed by atoms with Crippen LogP contribution >= 0.6 is 0 Å². The second-order valence-corrected chi connectivity index (χ2v) is 9.44. The first-order chi connectivity index (χ1) is 16.4. The van der Waals surface area contributed by atoms with E-state index in [0.29, 0.717) is 6.54 Å². The maximum atomic E-state index is 12.3. The molecule has 0 unspecified atom stereocenters. The Kier molecular flexibility index (Phi) is 9.63. The van der Waals surface area contributed by atoms with Gasteiger partial charge < -0.3 is 15.4 Å². The minimum atomic E-state index is -0.330. The average molecular weight is 467 g/mol. The van der Waals surface area contributed by atoms with Gasteiger partial charge in [-0.25, -0.2) is 4.98 Å². The number of imidazole rings is 1. The number of piperazine rings is 1. The summed E-state index contributed by atoms with van der Waals surface area (Å²) >= 11 is 0. The second kappa shape index (κ2) is 12.7. The number of nitriles is 1. The van der Waals surface area contributed by atoms with Crippen LogP contribution in [0.15, 0.2) is 41.6 Å². The number of hydrogen-bond acceptors (Lipinski definition) is 6. The molecule has 0 aromatic carbocycles. The molecule has 8 heteroatoms. The Morgan fingerprint density at radius 2 is 2.12 bits per heavy atom. The number of β-amino-alcohol motifs (C(OH)–C–C–N with tert-alkyl or cyclic N) is 1. The van der Waals surface area contributed by atoms with Crippen LogP contribution in [-0.2, 0) is 0 Å². The van der Waals surface area contributed by atoms with Crippen LogP contribution in [-0.4, -0.2) is 82.2 Å². The zero-order valence-electron chi connectivity index (χ0n) is 20.5. The maximum absolute atomic E-state index is 12.3. The van der Waals surface area contributed by atoms with E-state index in [9.17, 15) is 9.90 Å². The van der Waals surface area contributed by atoms with E-state index in [0.717, 1.165) is 39.1 Å². The summed E-state index contributed by atoms with van der Waals surface area (Å²) in [6, 6.07) is 1.91. The maximum Gasteiger partial charge on any atom is 0.287 e. The first-order valence-electron chi connectivity index (χ1n) is 12.3. The normalized spacial score (nSPS) is 18.6. The number of carbonyl (C=O) groups excluding carboxylic acids is 1. The average Bonchev–Trinajstić information content (AvgIpc) is 3.34. The summed E-state index contributed by atoms with van der Waals surface area (Å²) in [5.41, 5.74) is 2.81. The highest BCUT2D eigenvalue weighted by Gasteiger charge is 2.32. The number of aromatic amines is 1. The second-order valence-electron chi connectivity index (χ2n) is 9.44. The van der Waals surface area contributed by atoms with Crippen LogP contribution in [0.1, 0.15) is 62.3 Å². The lowest BCUT2D eigenvalue weighted by molar-refractivity contribution is 0.0636. The highest BCUT2D eigenvalue weighted by molar-refractivity contribution is 5.90. The molecule has 3 N–H and O–H groups in total. The van der Waals surface area contributed by atoms with Gasteiger partial charge in [0.2, 0.25) is 0 Å². The smallest absolute Gasteiger partial charge is 0.287 e. The van der Waals surface area contributed by atoms with Crippen LogP contribution < -0.4 is 5.32 Å². The zero-order chi connectivity index (χ0) is 24.4. The zero-order valence-corrected chi connectivity index (χ0v) is 20.5. The van der Waals surface area contributed by atoms with E-state index in [-0.39, 0.29) is 29.6 Å². The van der Waals surface area contributed by atoms with Crippen molar-refractivity contribution in [3.05, 3.63) is 53.2 Å². The summed E-state index contributed by atoms with van der Waals surface area (Å²) in [5.74, 6) is -0.186. The minimum Gasteiger partial charge on any atom is -0.395 e. The van der Waals surface area contributed by atoms with Gasteiger partial charge in [0.05, 0.1) is 6.61 Å². The highest BCUT2D eigenvalue weighted by atomic mass is 16.3. The SMILES string of the molecule is CC(C)(C(/C=C\CNC(=O)c1nc(C#N)c[nH]1)=C/CC1=CCCCC1)N1CCN(CCO)CC1. The first-order valence-corrected chi connectivity index (χ1v) is 12.3. The Morgan fingerprint density at radius 1 is 1.32 bits per heavy atom. The van der Waals surface area contributed by atoms with Gasteiger partial charge in [-0.2, -0.15) is 5.26 Å². The lowest BCUT2D eigenvalue weighted by atomic mass is 9.88. The van der Waals surface area contributed by atoms with Gasteiger partial charge in [0.25, 0.3) is 5.91 Å². The third-order valence-corrected chi connectivity index (χ3v) is 6.84. The summed E-state index contributed by atoms with van der Waals surface area (Å²) < 4.78 is 0. The lowest BCUT2D eigenvalue weighted by Gasteiger charge is -2.45. The van der Waals surface area contributed by atoms with Crippen molar-refractivity contribution in [2.75, 3.05) is 45.9 Å². The number of aliphatic hydroxyl groups excluding tert-OH is 1. The number of amides is 1. The van der Waals surface area contributed by atoms with Crippen molar-refractivity contribution in [2.45, 2.75) is 51.5 Å². The number of carbonyl (C=O) groups is 1. The first kappa shape index (κ1) is 25.9.